The highest BCUT2D eigenvalue weighted by atomic mass is 127. The van der Waals surface area contributed by atoms with Crippen LogP contribution in [0.2, 0.25) is 0 Å². The lowest BCUT2D eigenvalue weighted by Gasteiger charge is -2.15. The molecule has 0 aliphatic rings. The summed E-state index contributed by atoms with van der Waals surface area (Å²) < 4.78 is 25.8. The molecule has 168 valence electrons. The van der Waals surface area contributed by atoms with Gasteiger partial charge in [-0.25, -0.2) is 4.39 Å². The minimum atomic E-state index is -0.499. The molecule has 3 aromatic rings. The predicted octanol–water partition coefficient (Wildman–Crippen LogP) is 6.26. The molecule has 1 amide bonds. The number of nitrogens with zero attached hydrogens (tertiary/aromatic N) is 1. The first-order chi connectivity index (χ1) is 15.9. The number of hydrogen-bond donors (Lipinski definition) is 1. The molecule has 3 rings (SSSR count). The molecular formula is C26H22FIN2O3. The molecule has 0 saturated carbocycles. The number of amides is 1. The minimum absolute atomic E-state index is 0.0396. The fraction of sp³-hybridized carbons (Fsp3) is 0.154. The number of ether oxygens (including phenoxy) is 2. The summed E-state index contributed by atoms with van der Waals surface area (Å²) in [7, 11) is 0. The van der Waals surface area contributed by atoms with Crippen LogP contribution in [0.5, 0.6) is 11.5 Å². The molecule has 0 spiro atoms. The lowest BCUT2D eigenvalue weighted by atomic mass is 10.1. The van der Waals surface area contributed by atoms with Crippen LogP contribution >= 0.6 is 22.6 Å². The van der Waals surface area contributed by atoms with Crippen LogP contribution < -0.4 is 14.8 Å². The summed E-state index contributed by atoms with van der Waals surface area (Å²) in [6, 6.07) is 19.0. The standard InChI is InChI=1S/C26H22FIN2O3/c1-3-32-24-14-19(11-20(15-29)26(31)30-22-9-7-17(2)8-10-22)13-23(28)25(24)33-16-18-5-4-6-21(27)12-18/h4-14H,3,16H2,1-2H3,(H,30,31)/b20-11+. The van der Waals surface area contributed by atoms with Crippen molar-refractivity contribution in [1.29, 1.82) is 5.26 Å². The van der Waals surface area contributed by atoms with Crippen LogP contribution in [0.4, 0.5) is 10.1 Å². The summed E-state index contributed by atoms with van der Waals surface area (Å²) >= 11 is 2.11. The van der Waals surface area contributed by atoms with E-state index >= 15 is 0 Å². The van der Waals surface area contributed by atoms with Gasteiger partial charge in [0.25, 0.3) is 5.91 Å². The van der Waals surface area contributed by atoms with E-state index in [1.165, 1.54) is 18.2 Å². The normalized spacial score (nSPS) is 10.9. The summed E-state index contributed by atoms with van der Waals surface area (Å²) in [6.07, 6.45) is 1.50. The zero-order valence-corrected chi connectivity index (χ0v) is 20.4. The number of carbonyl (C=O) groups excluding carboxylic acids is 1. The zero-order chi connectivity index (χ0) is 23.8. The van der Waals surface area contributed by atoms with Crippen molar-refractivity contribution >= 4 is 40.3 Å². The van der Waals surface area contributed by atoms with Gasteiger partial charge in [-0.1, -0.05) is 29.8 Å². The second-order valence-electron chi connectivity index (χ2n) is 7.17. The second kappa shape index (κ2) is 11.5. The summed E-state index contributed by atoms with van der Waals surface area (Å²) in [6.45, 7) is 4.38. The van der Waals surface area contributed by atoms with Gasteiger partial charge in [-0.3, -0.25) is 4.79 Å². The summed E-state index contributed by atoms with van der Waals surface area (Å²) in [5.41, 5.74) is 2.95. The Kier molecular flexibility index (Phi) is 8.44. The maximum atomic E-state index is 13.5. The van der Waals surface area contributed by atoms with Gasteiger partial charge in [0.05, 0.1) is 10.2 Å². The first-order valence-corrected chi connectivity index (χ1v) is 11.3. The van der Waals surface area contributed by atoms with E-state index in [1.807, 2.05) is 32.0 Å². The first-order valence-electron chi connectivity index (χ1n) is 10.2. The quantitative estimate of drug-likeness (QED) is 0.202. The van der Waals surface area contributed by atoms with Crippen LogP contribution in [0, 0.1) is 27.6 Å². The molecular weight excluding hydrogens is 534 g/mol. The SMILES string of the molecule is CCOc1cc(/C=C(\C#N)C(=O)Nc2ccc(C)cc2)cc(I)c1OCc1cccc(F)c1. The van der Waals surface area contributed by atoms with Crippen molar-refractivity contribution in [3.8, 4) is 17.6 Å². The van der Waals surface area contributed by atoms with E-state index in [0.29, 0.717) is 34.9 Å². The van der Waals surface area contributed by atoms with Crippen molar-refractivity contribution in [2.75, 3.05) is 11.9 Å². The van der Waals surface area contributed by atoms with Crippen LogP contribution in [0.3, 0.4) is 0 Å². The molecule has 0 radical (unpaired) electrons. The Labute approximate surface area is 206 Å². The number of carbonyl (C=O) groups is 1. The van der Waals surface area contributed by atoms with Crippen LogP contribution in [-0.4, -0.2) is 12.5 Å². The fourth-order valence-electron chi connectivity index (χ4n) is 3.01. The van der Waals surface area contributed by atoms with E-state index in [9.17, 15) is 14.4 Å². The topological polar surface area (TPSA) is 71.3 Å². The Morgan fingerprint density at radius 1 is 1.15 bits per heavy atom. The number of nitriles is 1. The van der Waals surface area contributed by atoms with Crippen LogP contribution in [0.25, 0.3) is 6.08 Å². The van der Waals surface area contributed by atoms with Gasteiger partial charge in [0, 0.05) is 5.69 Å². The van der Waals surface area contributed by atoms with Gasteiger partial charge in [-0.05, 0) is 90.0 Å². The maximum Gasteiger partial charge on any atom is 0.266 e. The smallest absolute Gasteiger partial charge is 0.266 e. The molecule has 0 bridgehead atoms. The zero-order valence-electron chi connectivity index (χ0n) is 18.2. The second-order valence-corrected chi connectivity index (χ2v) is 8.33. The lowest BCUT2D eigenvalue weighted by Crippen LogP contribution is -2.13. The number of rotatable bonds is 8. The molecule has 0 unspecified atom stereocenters. The van der Waals surface area contributed by atoms with Crippen molar-refractivity contribution < 1.29 is 18.7 Å². The third kappa shape index (κ3) is 6.80. The summed E-state index contributed by atoms with van der Waals surface area (Å²) in [5.74, 6) is 0.162. The Balaban J connectivity index is 1.84. The molecule has 3 aromatic carbocycles. The van der Waals surface area contributed by atoms with E-state index < -0.39 is 5.91 Å². The van der Waals surface area contributed by atoms with Crippen molar-refractivity contribution in [2.24, 2.45) is 0 Å². The van der Waals surface area contributed by atoms with E-state index in [1.54, 1.807) is 36.4 Å². The van der Waals surface area contributed by atoms with E-state index in [0.717, 1.165) is 9.13 Å². The van der Waals surface area contributed by atoms with Crippen LogP contribution in [0.15, 0.2) is 66.2 Å². The van der Waals surface area contributed by atoms with Crippen LogP contribution in [-0.2, 0) is 11.4 Å². The van der Waals surface area contributed by atoms with Crippen molar-refractivity contribution in [3.63, 3.8) is 0 Å². The highest BCUT2D eigenvalue weighted by molar-refractivity contribution is 14.1. The molecule has 5 nitrogen and oxygen atoms in total. The molecule has 0 saturated heterocycles. The third-order valence-electron chi connectivity index (χ3n) is 4.59. The molecule has 0 aromatic heterocycles. The fourth-order valence-corrected chi connectivity index (χ4v) is 3.79. The Hall–Kier alpha value is -3.38. The molecule has 33 heavy (non-hydrogen) atoms. The number of anilines is 1. The highest BCUT2D eigenvalue weighted by Crippen LogP contribution is 2.35. The van der Waals surface area contributed by atoms with Crippen molar-refractivity contribution in [2.45, 2.75) is 20.5 Å². The van der Waals surface area contributed by atoms with Gasteiger partial charge in [-0.2, -0.15) is 5.26 Å². The summed E-state index contributed by atoms with van der Waals surface area (Å²) in [5, 5.41) is 12.3. The van der Waals surface area contributed by atoms with Crippen molar-refractivity contribution in [3.05, 3.63) is 92.3 Å². The number of hydrogen-bond acceptors (Lipinski definition) is 4. The summed E-state index contributed by atoms with van der Waals surface area (Å²) in [4.78, 5) is 12.6. The Morgan fingerprint density at radius 3 is 2.58 bits per heavy atom. The minimum Gasteiger partial charge on any atom is -0.490 e. The number of aryl methyl sites for hydroxylation is 1. The lowest BCUT2D eigenvalue weighted by molar-refractivity contribution is -0.112. The third-order valence-corrected chi connectivity index (χ3v) is 5.39. The highest BCUT2D eigenvalue weighted by Gasteiger charge is 2.15. The van der Waals surface area contributed by atoms with Gasteiger partial charge < -0.3 is 14.8 Å². The molecule has 0 heterocycles. The average molecular weight is 556 g/mol. The molecule has 0 aliphatic heterocycles. The van der Waals surface area contributed by atoms with E-state index in [2.05, 4.69) is 27.9 Å². The molecule has 0 aliphatic carbocycles. The van der Waals surface area contributed by atoms with E-state index in [4.69, 9.17) is 9.47 Å². The average Bonchev–Trinajstić information content (AvgIpc) is 2.78. The van der Waals surface area contributed by atoms with Gasteiger partial charge in [0.2, 0.25) is 0 Å². The molecule has 0 fully saturated rings. The number of nitrogens with one attached hydrogen (secondary N) is 1. The Morgan fingerprint density at radius 2 is 1.91 bits per heavy atom. The van der Waals surface area contributed by atoms with Gasteiger partial charge in [0.15, 0.2) is 11.5 Å². The first kappa shape index (κ1) is 24.3. The number of halogens is 2. The largest absolute Gasteiger partial charge is 0.490 e. The molecule has 1 N–H and O–H groups in total. The van der Waals surface area contributed by atoms with Gasteiger partial charge in [0.1, 0.15) is 24.1 Å². The molecule has 7 heteroatoms. The van der Waals surface area contributed by atoms with Crippen molar-refractivity contribution in [1.82, 2.24) is 0 Å². The number of benzene rings is 3. The monoisotopic (exact) mass is 556 g/mol. The maximum absolute atomic E-state index is 13.5. The van der Waals surface area contributed by atoms with Crippen LogP contribution in [0.1, 0.15) is 23.6 Å². The van der Waals surface area contributed by atoms with E-state index in [-0.39, 0.29) is 18.0 Å². The Bertz CT molecular complexity index is 1220. The predicted molar refractivity (Wildman–Crippen MR) is 134 cm³/mol. The van der Waals surface area contributed by atoms with Gasteiger partial charge in [-0.15, -0.1) is 0 Å². The van der Waals surface area contributed by atoms with Gasteiger partial charge >= 0.3 is 0 Å². The molecule has 0 atom stereocenters.